The average molecular weight is 343 g/mol. The standard InChI is InChI=1S/C18H21N3O4/c1-13-5-3-4-6-15(13)24-12-18(22)21-8-7-14(11-21)25-17-10-19-9-16(20-17)23-2/h3-6,9-10,14H,7-8,11-12H2,1-2H3. The van der Waals surface area contributed by atoms with Crippen molar-refractivity contribution in [1.29, 1.82) is 0 Å². The summed E-state index contributed by atoms with van der Waals surface area (Å²) >= 11 is 0. The summed E-state index contributed by atoms with van der Waals surface area (Å²) in [5, 5.41) is 0. The number of methoxy groups -OCH3 is 1. The molecular formula is C18H21N3O4. The molecule has 1 fully saturated rings. The average Bonchev–Trinajstić information content (AvgIpc) is 3.09. The molecule has 1 aliphatic rings. The zero-order chi connectivity index (χ0) is 17.6. The Morgan fingerprint density at radius 3 is 2.88 bits per heavy atom. The summed E-state index contributed by atoms with van der Waals surface area (Å²) in [7, 11) is 1.53. The van der Waals surface area contributed by atoms with Gasteiger partial charge in [-0.05, 0) is 18.6 Å². The summed E-state index contributed by atoms with van der Waals surface area (Å²) in [6.07, 6.45) is 3.69. The van der Waals surface area contributed by atoms with E-state index in [1.54, 1.807) is 4.90 Å². The molecule has 0 bridgehead atoms. The number of rotatable bonds is 6. The number of carbonyl (C=O) groups excluding carboxylic acids is 1. The maximum absolute atomic E-state index is 12.3. The first-order chi connectivity index (χ1) is 12.2. The number of hydrogen-bond donors (Lipinski definition) is 0. The molecule has 1 unspecified atom stereocenters. The van der Waals surface area contributed by atoms with Crippen molar-refractivity contribution in [3.63, 3.8) is 0 Å². The minimum Gasteiger partial charge on any atom is -0.484 e. The lowest BCUT2D eigenvalue weighted by molar-refractivity contribution is -0.132. The van der Waals surface area contributed by atoms with Crippen LogP contribution in [0.1, 0.15) is 12.0 Å². The molecule has 132 valence electrons. The molecule has 7 nitrogen and oxygen atoms in total. The number of hydrogen-bond acceptors (Lipinski definition) is 6. The molecule has 2 aromatic rings. The second kappa shape index (κ2) is 7.83. The smallest absolute Gasteiger partial charge is 0.260 e. The van der Waals surface area contributed by atoms with Gasteiger partial charge in [-0.25, -0.2) is 0 Å². The number of aromatic nitrogens is 2. The van der Waals surface area contributed by atoms with Crippen LogP contribution in [0.3, 0.4) is 0 Å². The van der Waals surface area contributed by atoms with Crippen molar-refractivity contribution in [3.8, 4) is 17.5 Å². The van der Waals surface area contributed by atoms with Crippen LogP contribution >= 0.6 is 0 Å². The molecule has 1 aromatic heterocycles. The molecule has 0 aliphatic carbocycles. The fourth-order valence-corrected chi connectivity index (χ4v) is 2.66. The van der Waals surface area contributed by atoms with Gasteiger partial charge in [-0.1, -0.05) is 18.2 Å². The van der Waals surface area contributed by atoms with Gasteiger partial charge in [-0.3, -0.25) is 9.78 Å². The topological polar surface area (TPSA) is 73.8 Å². The van der Waals surface area contributed by atoms with E-state index >= 15 is 0 Å². The third-order valence-corrected chi connectivity index (χ3v) is 4.03. The first kappa shape index (κ1) is 17.0. The van der Waals surface area contributed by atoms with Crippen LogP contribution in [-0.4, -0.2) is 53.7 Å². The van der Waals surface area contributed by atoms with E-state index in [1.807, 2.05) is 31.2 Å². The van der Waals surface area contributed by atoms with Gasteiger partial charge in [-0.2, -0.15) is 4.98 Å². The lowest BCUT2D eigenvalue weighted by Gasteiger charge is -2.17. The van der Waals surface area contributed by atoms with Gasteiger partial charge in [-0.15, -0.1) is 0 Å². The van der Waals surface area contributed by atoms with Gasteiger partial charge in [0.05, 0.1) is 26.0 Å². The molecule has 7 heteroatoms. The van der Waals surface area contributed by atoms with Crippen molar-refractivity contribution >= 4 is 5.91 Å². The van der Waals surface area contributed by atoms with E-state index < -0.39 is 0 Å². The van der Waals surface area contributed by atoms with Crippen molar-refractivity contribution in [1.82, 2.24) is 14.9 Å². The highest BCUT2D eigenvalue weighted by atomic mass is 16.5. The van der Waals surface area contributed by atoms with E-state index in [0.29, 0.717) is 24.8 Å². The maximum atomic E-state index is 12.3. The molecule has 1 aliphatic heterocycles. The van der Waals surface area contributed by atoms with Crippen LogP contribution in [0.15, 0.2) is 36.7 Å². The third-order valence-electron chi connectivity index (χ3n) is 4.03. The Morgan fingerprint density at radius 2 is 2.08 bits per heavy atom. The van der Waals surface area contributed by atoms with Crippen molar-refractivity contribution in [3.05, 3.63) is 42.2 Å². The molecule has 1 saturated heterocycles. The summed E-state index contributed by atoms with van der Waals surface area (Å²) in [5.41, 5.74) is 1.01. The first-order valence-corrected chi connectivity index (χ1v) is 8.14. The number of para-hydroxylation sites is 1. The number of aryl methyl sites for hydroxylation is 1. The van der Waals surface area contributed by atoms with Crippen molar-refractivity contribution < 1.29 is 19.0 Å². The molecule has 0 saturated carbocycles. The van der Waals surface area contributed by atoms with E-state index in [4.69, 9.17) is 14.2 Å². The Kier molecular flexibility index (Phi) is 5.33. The molecule has 1 amide bonds. The van der Waals surface area contributed by atoms with E-state index in [2.05, 4.69) is 9.97 Å². The van der Waals surface area contributed by atoms with Crippen molar-refractivity contribution in [2.45, 2.75) is 19.4 Å². The molecule has 3 rings (SSSR count). The number of ether oxygens (including phenoxy) is 3. The molecular weight excluding hydrogens is 322 g/mol. The highest BCUT2D eigenvalue weighted by Crippen LogP contribution is 2.19. The van der Waals surface area contributed by atoms with Crippen LogP contribution in [0.5, 0.6) is 17.5 Å². The second-order valence-corrected chi connectivity index (χ2v) is 5.82. The summed E-state index contributed by atoms with van der Waals surface area (Å²) in [6, 6.07) is 7.64. The van der Waals surface area contributed by atoms with Gasteiger partial charge in [0.2, 0.25) is 11.8 Å². The molecule has 0 spiro atoms. The summed E-state index contributed by atoms with van der Waals surface area (Å²) in [5.74, 6) is 1.48. The molecule has 1 atom stereocenters. The van der Waals surface area contributed by atoms with E-state index in [0.717, 1.165) is 17.7 Å². The predicted molar refractivity (Wildman–Crippen MR) is 90.9 cm³/mol. The van der Waals surface area contributed by atoms with Crippen LogP contribution in [-0.2, 0) is 4.79 Å². The normalized spacial score (nSPS) is 16.6. The Labute approximate surface area is 146 Å². The van der Waals surface area contributed by atoms with Crippen LogP contribution in [0.2, 0.25) is 0 Å². The SMILES string of the molecule is COc1cncc(OC2CCN(C(=O)COc3ccccc3C)C2)n1. The molecule has 2 heterocycles. The van der Waals surface area contributed by atoms with Crippen LogP contribution in [0, 0.1) is 6.92 Å². The number of carbonyl (C=O) groups is 1. The quantitative estimate of drug-likeness (QED) is 0.797. The maximum Gasteiger partial charge on any atom is 0.260 e. The number of nitrogens with zero attached hydrogens (tertiary/aromatic N) is 3. The summed E-state index contributed by atoms with van der Waals surface area (Å²) < 4.78 is 16.4. The highest BCUT2D eigenvalue weighted by Gasteiger charge is 2.28. The lowest BCUT2D eigenvalue weighted by Crippen LogP contribution is -2.34. The fourth-order valence-electron chi connectivity index (χ4n) is 2.66. The van der Waals surface area contributed by atoms with Gasteiger partial charge in [0.15, 0.2) is 6.61 Å². The zero-order valence-corrected chi connectivity index (χ0v) is 14.3. The number of benzene rings is 1. The Morgan fingerprint density at radius 1 is 1.28 bits per heavy atom. The summed E-state index contributed by atoms with van der Waals surface area (Å²) in [6.45, 7) is 3.12. The van der Waals surface area contributed by atoms with Gasteiger partial charge in [0.1, 0.15) is 11.9 Å². The Bertz CT molecular complexity index is 738. The molecule has 0 radical (unpaired) electrons. The van der Waals surface area contributed by atoms with Crippen molar-refractivity contribution in [2.24, 2.45) is 0 Å². The predicted octanol–water partition coefficient (Wildman–Crippen LogP) is 1.85. The van der Waals surface area contributed by atoms with Crippen LogP contribution in [0.4, 0.5) is 0 Å². The van der Waals surface area contributed by atoms with Gasteiger partial charge < -0.3 is 19.1 Å². The molecule has 25 heavy (non-hydrogen) atoms. The third kappa shape index (κ3) is 4.37. The van der Waals surface area contributed by atoms with Crippen molar-refractivity contribution in [2.75, 3.05) is 26.8 Å². The number of likely N-dealkylation sites (tertiary alicyclic amines) is 1. The van der Waals surface area contributed by atoms with E-state index in [-0.39, 0.29) is 18.6 Å². The first-order valence-electron chi connectivity index (χ1n) is 8.14. The monoisotopic (exact) mass is 343 g/mol. The van der Waals surface area contributed by atoms with E-state index in [1.165, 1.54) is 19.5 Å². The second-order valence-electron chi connectivity index (χ2n) is 5.82. The summed E-state index contributed by atoms with van der Waals surface area (Å²) in [4.78, 5) is 22.3. The Balaban J connectivity index is 1.50. The minimum absolute atomic E-state index is 0.0243. The highest BCUT2D eigenvalue weighted by molar-refractivity contribution is 5.78. The largest absolute Gasteiger partial charge is 0.484 e. The Hall–Kier alpha value is -2.83. The molecule has 1 aromatic carbocycles. The van der Waals surface area contributed by atoms with Gasteiger partial charge in [0, 0.05) is 13.0 Å². The lowest BCUT2D eigenvalue weighted by atomic mass is 10.2. The zero-order valence-electron chi connectivity index (χ0n) is 14.3. The minimum atomic E-state index is -0.108. The van der Waals surface area contributed by atoms with Gasteiger partial charge in [0.25, 0.3) is 5.91 Å². The van der Waals surface area contributed by atoms with Crippen LogP contribution in [0.25, 0.3) is 0 Å². The number of amides is 1. The van der Waals surface area contributed by atoms with Crippen LogP contribution < -0.4 is 14.2 Å². The van der Waals surface area contributed by atoms with E-state index in [9.17, 15) is 4.79 Å². The fraction of sp³-hybridized carbons (Fsp3) is 0.389. The van der Waals surface area contributed by atoms with Gasteiger partial charge >= 0.3 is 0 Å². The molecule has 0 N–H and O–H groups in total.